The molecule has 0 N–H and O–H groups in total. The van der Waals surface area contributed by atoms with E-state index in [0.717, 1.165) is 32.4 Å². The van der Waals surface area contributed by atoms with E-state index in [-0.39, 0.29) is 23.6 Å². The minimum absolute atomic E-state index is 0.0358. The quantitative estimate of drug-likeness (QED) is 0.670. The highest BCUT2D eigenvalue weighted by molar-refractivity contribution is 7.89. The molecule has 2 rings (SSSR count). The normalized spacial score (nSPS) is 23.1. The third-order valence-corrected chi connectivity index (χ3v) is 8.31. The van der Waals surface area contributed by atoms with E-state index in [4.69, 9.17) is 0 Å². The molecule has 2 saturated heterocycles. The van der Waals surface area contributed by atoms with Crippen LogP contribution in [0.2, 0.25) is 0 Å². The molecule has 1 atom stereocenters. The van der Waals surface area contributed by atoms with Crippen molar-refractivity contribution < 1.29 is 13.2 Å². The fourth-order valence-electron chi connectivity index (χ4n) is 4.15. The second-order valence-electron chi connectivity index (χ2n) is 8.17. The summed E-state index contributed by atoms with van der Waals surface area (Å²) in [6.45, 7) is 7.34. The van der Waals surface area contributed by atoms with Gasteiger partial charge < -0.3 is 9.80 Å². The number of carbonyl (C=O) groups excluding carboxylic acids is 1. The number of unbranched alkanes of at least 4 members (excludes halogenated alkanes) is 1. The first-order chi connectivity index (χ1) is 12.3. The number of rotatable bonds is 7. The van der Waals surface area contributed by atoms with E-state index >= 15 is 0 Å². The molecule has 2 heterocycles. The summed E-state index contributed by atoms with van der Waals surface area (Å²) in [5, 5.41) is 0. The average Bonchev–Trinajstić information content (AvgIpc) is 2.65. The van der Waals surface area contributed by atoms with Crippen molar-refractivity contribution in [2.75, 3.05) is 46.0 Å². The fraction of sp³-hybridized carbons (Fsp3) is 0.947. The zero-order valence-electron chi connectivity index (χ0n) is 17.0. The Morgan fingerprint density at radius 3 is 2.23 bits per heavy atom. The molecular formula is C19H37N3O3S. The number of likely N-dealkylation sites (tertiary alicyclic amines) is 1. The Bertz CT molecular complexity index is 550. The molecule has 26 heavy (non-hydrogen) atoms. The van der Waals surface area contributed by atoms with Crippen LogP contribution in [0.4, 0.5) is 0 Å². The standard InChI is InChI=1S/C19H37N3O3S/c1-5-6-15-26(24,25)22-13-9-18(10-14-22)19(23)21(4)16(2)17-7-11-20(3)12-8-17/h16-18H,5-15H2,1-4H3. The van der Waals surface area contributed by atoms with Crippen LogP contribution >= 0.6 is 0 Å². The van der Waals surface area contributed by atoms with Gasteiger partial charge in [-0.1, -0.05) is 13.3 Å². The summed E-state index contributed by atoms with van der Waals surface area (Å²) in [4.78, 5) is 17.2. The van der Waals surface area contributed by atoms with E-state index in [0.29, 0.717) is 38.3 Å². The molecule has 2 fully saturated rings. The minimum Gasteiger partial charge on any atom is -0.343 e. The number of piperidine rings is 2. The summed E-state index contributed by atoms with van der Waals surface area (Å²) < 4.78 is 26.2. The van der Waals surface area contributed by atoms with E-state index in [1.807, 2.05) is 18.9 Å². The lowest BCUT2D eigenvalue weighted by Gasteiger charge is -2.39. The molecule has 2 aliphatic heterocycles. The summed E-state index contributed by atoms with van der Waals surface area (Å²) >= 11 is 0. The van der Waals surface area contributed by atoms with Crippen molar-refractivity contribution >= 4 is 15.9 Å². The van der Waals surface area contributed by atoms with E-state index in [9.17, 15) is 13.2 Å². The highest BCUT2D eigenvalue weighted by Crippen LogP contribution is 2.27. The van der Waals surface area contributed by atoms with Crippen molar-refractivity contribution in [3.05, 3.63) is 0 Å². The Labute approximate surface area is 159 Å². The van der Waals surface area contributed by atoms with Crippen molar-refractivity contribution in [3.63, 3.8) is 0 Å². The van der Waals surface area contributed by atoms with E-state index < -0.39 is 10.0 Å². The molecule has 152 valence electrons. The first-order valence-electron chi connectivity index (χ1n) is 10.2. The highest BCUT2D eigenvalue weighted by atomic mass is 32.2. The van der Waals surface area contributed by atoms with Crippen LogP contribution in [0.1, 0.15) is 52.4 Å². The van der Waals surface area contributed by atoms with Crippen molar-refractivity contribution in [1.29, 1.82) is 0 Å². The minimum atomic E-state index is -3.15. The van der Waals surface area contributed by atoms with Crippen LogP contribution in [-0.2, 0) is 14.8 Å². The predicted molar refractivity (Wildman–Crippen MR) is 105 cm³/mol. The van der Waals surface area contributed by atoms with Gasteiger partial charge in [-0.05, 0) is 65.1 Å². The second-order valence-corrected chi connectivity index (χ2v) is 10.3. The first-order valence-corrected chi connectivity index (χ1v) is 11.8. The molecular weight excluding hydrogens is 350 g/mol. The third kappa shape index (κ3) is 5.42. The Morgan fingerprint density at radius 1 is 1.12 bits per heavy atom. The lowest BCUT2D eigenvalue weighted by molar-refractivity contribution is -0.138. The van der Waals surface area contributed by atoms with Gasteiger partial charge in [0.1, 0.15) is 0 Å². The molecule has 2 aliphatic rings. The topological polar surface area (TPSA) is 60.9 Å². The number of carbonyl (C=O) groups is 1. The number of amides is 1. The molecule has 0 bridgehead atoms. The summed E-state index contributed by atoms with van der Waals surface area (Å²) in [5.74, 6) is 0.956. The Morgan fingerprint density at radius 2 is 1.69 bits per heavy atom. The van der Waals surface area contributed by atoms with Crippen molar-refractivity contribution in [1.82, 2.24) is 14.1 Å². The van der Waals surface area contributed by atoms with Crippen LogP contribution in [0.5, 0.6) is 0 Å². The maximum atomic E-state index is 12.9. The van der Waals surface area contributed by atoms with Gasteiger partial charge in [0.05, 0.1) is 5.75 Å². The molecule has 0 aliphatic carbocycles. The van der Waals surface area contributed by atoms with Gasteiger partial charge in [-0.2, -0.15) is 0 Å². The number of nitrogens with zero attached hydrogens (tertiary/aromatic N) is 3. The molecule has 1 amide bonds. The summed E-state index contributed by atoms with van der Waals surface area (Å²) in [5.41, 5.74) is 0. The van der Waals surface area contributed by atoms with Crippen LogP contribution in [-0.4, -0.2) is 80.5 Å². The number of hydrogen-bond donors (Lipinski definition) is 0. The van der Waals surface area contributed by atoms with Crippen molar-refractivity contribution in [2.45, 2.75) is 58.4 Å². The van der Waals surface area contributed by atoms with Crippen LogP contribution in [0.3, 0.4) is 0 Å². The Hall–Kier alpha value is -0.660. The van der Waals surface area contributed by atoms with Crippen LogP contribution in [0.15, 0.2) is 0 Å². The molecule has 0 spiro atoms. The maximum absolute atomic E-state index is 12.9. The smallest absolute Gasteiger partial charge is 0.225 e. The van der Waals surface area contributed by atoms with Gasteiger partial charge >= 0.3 is 0 Å². The predicted octanol–water partition coefficient (Wildman–Crippen LogP) is 2.02. The number of hydrogen-bond acceptors (Lipinski definition) is 4. The van der Waals surface area contributed by atoms with Gasteiger partial charge in [0.25, 0.3) is 0 Å². The van der Waals surface area contributed by atoms with Gasteiger partial charge in [-0.3, -0.25) is 4.79 Å². The van der Waals surface area contributed by atoms with E-state index in [1.165, 1.54) is 0 Å². The molecule has 0 radical (unpaired) electrons. The monoisotopic (exact) mass is 387 g/mol. The van der Waals surface area contributed by atoms with Crippen LogP contribution in [0, 0.1) is 11.8 Å². The molecule has 1 unspecified atom stereocenters. The zero-order valence-corrected chi connectivity index (χ0v) is 17.8. The van der Waals surface area contributed by atoms with Gasteiger partial charge in [-0.25, -0.2) is 12.7 Å². The van der Waals surface area contributed by atoms with Gasteiger partial charge in [0, 0.05) is 32.1 Å². The largest absolute Gasteiger partial charge is 0.343 e. The highest BCUT2D eigenvalue weighted by Gasteiger charge is 2.34. The second kappa shape index (κ2) is 9.51. The lowest BCUT2D eigenvalue weighted by atomic mass is 9.88. The number of sulfonamides is 1. The molecule has 6 nitrogen and oxygen atoms in total. The van der Waals surface area contributed by atoms with Gasteiger partial charge in [0.2, 0.25) is 15.9 Å². The molecule has 0 saturated carbocycles. The molecule has 0 aromatic rings. The van der Waals surface area contributed by atoms with Crippen molar-refractivity contribution in [3.8, 4) is 0 Å². The summed E-state index contributed by atoms with van der Waals surface area (Å²) in [7, 11) is 0.927. The Balaban J connectivity index is 1.85. The van der Waals surface area contributed by atoms with Gasteiger partial charge in [-0.15, -0.1) is 0 Å². The maximum Gasteiger partial charge on any atom is 0.225 e. The van der Waals surface area contributed by atoms with Crippen molar-refractivity contribution in [2.24, 2.45) is 11.8 Å². The SMILES string of the molecule is CCCCS(=O)(=O)N1CCC(C(=O)N(C)C(C)C2CCN(C)CC2)CC1. The van der Waals surface area contributed by atoms with E-state index in [2.05, 4.69) is 18.9 Å². The summed E-state index contributed by atoms with van der Waals surface area (Å²) in [6.07, 6.45) is 5.17. The van der Waals surface area contributed by atoms with E-state index in [1.54, 1.807) is 4.31 Å². The first kappa shape index (κ1) is 21.6. The molecule has 7 heteroatoms. The fourth-order valence-corrected chi connectivity index (χ4v) is 5.83. The van der Waals surface area contributed by atoms with Gasteiger partial charge in [0.15, 0.2) is 0 Å². The lowest BCUT2D eigenvalue weighted by Crippen LogP contribution is -2.48. The third-order valence-electron chi connectivity index (χ3n) is 6.36. The molecule has 0 aromatic carbocycles. The Kier molecular flexibility index (Phi) is 7.91. The average molecular weight is 388 g/mol. The zero-order chi connectivity index (χ0) is 19.3. The van der Waals surface area contributed by atoms with Crippen LogP contribution in [0.25, 0.3) is 0 Å². The molecule has 0 aromatic heterocycles. The van der Waals surface area contributed by atoms with Crippen LogP contribution < -0.4 is 0 Å². The summed E-state index contributed by atoms with van der Waals surface area (Å²) in [6, 6.07) is 0.252.